The van der Waals surface area contributed by atoms with Crippen LogP contribution in [0, 0.1) is 23.7 Å². The molecular weight excluding hydrogens is 600 g/mol. The minimum Gasteiger partial charge on any atom is -0.508 e. The van der Waals surface area contributed by atoms with Crippen LogP contribution in [0.25, 0.3) is 6.08 Å². The highest BCUT2D eigenvalue weighted by atomic mass is 19.4. The number of anilines is 1. The third-order valence-electron chi connectivity index (χ3n) is 9.03. The van der Waals surface area contributed by atoms with Crippen molar-refractivity contribution >= 4 is 23.6 Å². The number of hydrogen-bond acceptors (Lipinski definition) is 4. The number of aromatic hydroxyl groups is 1. The number of halogens is 6. The number of amides is 2. The molecule has 2 aromatic rings. The summed E-state index contributed by atoms with van der Waals surface area (Å²) in [6.45, 7) is 6.13. The van der Waals surface area contributed by atoms with Crippen LogP contribution in [0.2, 0.25) is 0 Å². The van der Waals surface area contributed by atoms with Crippen molar-refractivity contribution in [3.05, 3.63) is 75.9 Å². The van der Waals surface area contributed by atoms with E-state index in [1.165, 1.54) is 5.57 Å². The molecule has 2 amide bonds. The number of hydrogen-bond donors (Lipinski definition) is 1. The molecule has 242 valence electrons. The molecule has 0 unspecified atom stereocenters. The first kappa shape index (κ1) is 32.8. The molecule has 2 fully saturated rings. The first-order valence-corrected chi connectivity index (χ1v) is 15.1. The lowest BCUT2D eigenvalue weighted by Crippen LogP contribution is -2.35. The maximum Gasteiger partial charge on any atom is 0.416 e. The second-order valence-corrected chi connectivity index (χ2v) is 12.4. The fourth-order valence-electron chi connectivity index (χ4n) is 6.99. The van der Waals surface area contributed by atoms with Crippen molar-refractivity contribution in [3.8, 4) is 5.75 Å². The number of ether oxygens (including phenoxy) is 1. The summed E-state index contributed by atoms with van der Waals surface area (Å²) in [4.78, 5) is 28.0. The molecule has 0 spiro atoms. The van der Waals surface area contributed by atoms with Crippen LogP contribution in [0.5, 0.6) is 5.75 Å². The maximum absolute atomic E-state index is 13.8. The van der Waals surface area contributed by atoms with E-state index in [9.17, 15) is 41.0 Å². The Hall–Kier alpha value is -3.60. The standard InChI is InChI=1S/C34H35F6NO4/c1-4-5-19(12-20-6-9-24(42)10-7-20)8-11-28-29-25(18(2)3)16-26-30(27(29)17-45-28)32(44)41(31(26)43)23-14-21(33(35,36)37)13-22(15-23)34(38,39)40/h6-7,9-10,12-15,18,26-28,30,42H,4-5,8,11,16-17H2,1-3H3/b19-12+/t26-,27+,28-,30-/m1/s1. The average molecular weight is 636 g/mol. The summed E-state index contributed by atoms with van der Waals surface area (Å²) >= 11 is 0. The van der Waals surface area contributed by atoms with Crippen molar-refractivity contribution in [2.45, 2.75) is 71.3 Å². The number of alkyl halides is 6. The summed E-state index contributed by atoms with van der Waals surface area (Å²) in [5.41, 5.74) is 0.102. The van der Waals surface area contributed by atoms with Crippen molar-refractivity contribution < 1.29 is 45.8 Å². The zero-order valence-electron chi connectivity index (χ0n) is 25.1. The van der Waals surface area contributed by atoms with Gasteiger partial charge in [0.25, 0.3) is 0 Å². The SMILES string of the molecule is CCC/C(=C\c1ccc(O)cc1)CC[C@H]1OC[C@H]2C1=C(C(C)C)C[C@H]1C(=O)N(c3cc(C(F)(F)F)cc(C(F)(F)F)c3)C(=O)[C@H]12. The van der Waals surface area contributed by atoms with E-state index in [0.717, 1.165) is 29.6 Å². The molecule has 1 N–H and O–H groups in total. The van der Waals surface area contributed by atoms with Crippen LogP contribution in [0.15, 0.2) is 59.2 Å². The van der Waals surface area contributed by atoms with Crippen molar-refractivity contribution in [1.29, 1.82) is 0 Å². The minimum atomic E-state index is -5.12. The van der Waals surface area contributed by atoms with Gasteiger partial charge in [0.2, 0.25) is 11.8 Å². The lowest BCUT2D eigenvalue weighted by atomic mass is 9.67. The summed E-state index contributed by atoms with van der Waals surface area (Å²) in [6.07, 6.45) is -5.25. The molecule has 2 aromatic carbocycles. The molecule has 3 aliphatic rings. The summed E-state index contributed by atoms with van der Waals surface area (Å²) in [7, 11) is 0. The number of allylic oxidation sites excluding steroid dienone is 2. The number of carbonyl (C=O) groups excluding carboxylic acids is 2. The topological polar surface area (TPSA) is 66.8 Å². The summed E-state index contributed by atoms with van der Waals surface area (Å²) in [6, 6.07) is 7.73. The van der Waals surface area contributed by atoms with Crippen LogP contribution in [-0.2, 0) is 26.7 Å². The van der Waals surface area contributed by atoms with Gasteiger partial charge in [0, 0.05) is 5.92 Å². The molecule has 45 heavy (non-hydrogen) atoms. The molecule has 4 atom stereocenters. The fourth-order valence-corrected chi connectivity index (χ4v) is 6.99. The number of benzene rings is 2. The van der Waals surface area contributed by atoms with E-state index < -0.39 is 58.7 Å². The minimum absolute atomic E-state index is 0.0161. The molecule has 2 heterocycles. The van der Waals surface area contributed by atoms with Gasteiger partial charge in [-0.15, -0.1) is 0 Å². The largest absolute Gasteiger partial charge is 0.508 e. The van der Waals surface area contributed by atoms with Crippen LogP contribution in [0.4, 0.5) is 32.0 Å². The Balaban J connectivity index is 1.44. The van der Waals surface area contributed by atoms with Crippen molar-refractivity contribution in [1.82, 2.24) is 0 Å². The van der Waals surface area contributed by atoms with E-state index >= 15 is 0 Å². The molecule has 0 radical (unpaired) electrons. The fraction of sp³-hybridized carbons (Fsp3) is 0.471. The van der Waals surface area contributed by atoms with Gasteiger partial charge in [-0.1, -0.05) is 56.5 Å². The van der Waals surface area contributed by atoms with Gasteiger partial charge in [-0.25, -0.2) is 4.90 Å². The van der Waals surface area contributed by atoms with Crippen LogP contribution < -0.4 is 4.90 Å². The predicted octanol–water partition coefficient (Wildman–Crippen LogP) is 8.57. The molecule has 5 nitrogen and oxygen atoms in total. The van der Waals surface area contributed by atoms with Gasteiger partial charge in [-0.05, 0) is 73.1 Å². The monoisotopic (exact) mass is 635 g/mol. The second kappa shape index (κ2) is 12.3. The Kier molecular flexibility index (Phi) is 8.96. The normalized spacial score (nSPS) is 24.1. The Morgan fingerprint density at radius 2 is 1.58 bits per heavy atom. The molecular formula is C34H35F6NO4. The molecule has 2 aliphatic heterocycles. The smallest absolute Gasteiger partial charge is 0.416 e. The third kappa shape index (κ3) is 6.55. The third-order valence-corrected chi connectivity index (χ3v) is 9.03. The van der Waals surface area contributed by atoms with Gasteiger partial charge >= 0.3 is 12.4 Å². The first-order chi connectivity index (χ1) is 21.1. The molecule has 0 aromatic heterocycles. The van der Waals surface area contributed by atoms with E-state index in [4.69, 9.17) is 4.74 Å². The number of imide groups is 1. The number of fused-ring (bicyclic) bond motifs is 3. The van der Waals surface area contributed by atoms with Crippen LogP contribution in [0.3, 0.4) is 0 Å². The molecule has 11 heteroatoms. The summed E-state index contributed by atoms with van der Waals surface area (Å²) < 4.78 is 87.8. The highest BCUT2D eigenvalue weighted by molar-refractivity contribution is 6.22. The molecule has 2 saturated heterocycles. The summed E-state index contributed by atoms with van der Waals surface area (Å²) in [5.74, 6) is -3.78. The van der Waals surface area contributed by atoms with Crippen molar-refractivity contribution in [2.24, 2.45) is 23.7 Å². The molecule has 1 aliphatic carbocycles. The number of phenolic OH excluding ortho intramolecular Hbond substituents is 1. The van der Waals surface area contributed by atoms with E-state index in [-0.39, 0.29) is 36.9 Å². The van der Waals surface area contributed by atoms with Gasteiger partial charge in [-0.3, -0.25) is 9.59 Å². The predicted molar refractivity (Wildman–Crippen MR) is 156 cm³/mol. The van der Waals surface area contributed by atoms with Gasteiger partial charge in [-0.2, -0.15) is 26.3 Å². The number of nitrogens with zero attached hydrogens (tertiary/aromatic N) is 1. The van der Waals surface area contributed by atoms with E-state index in [1.54, 1.807) is 12.1 Å². The van der Waals surface area contributed by atoms with E-state index in [1.807, 2.05) is 26.0 Å². The van der Waals surface area contributed by atoms with Crippen LogP contribution >= 0.6 is 0 Å². The zero-order valence-corrected chi connectivity index (χ0v) is 25.1. The van der Waals surface area contributed by atoms with Gasteiger partial charge < -0.3 is 9.84 Å². The Morgan fingerprint density at radius 3 is 2.13 bits per heavy atom. The quantitative estimate of drug-likeness (QED) is 0.179. The van der Waals surface area contributed by atoms with E-state index in [0.29, 0.717) is 29.9 Å². The number of carbonyl (C=O) groups is 2. The van der Waals surface area contributed by atoms with Crippen molar-refractivity contribution in [2.75, 3.05) is 11.5 Å². The lowest BCUT2D eigenvalue weighted by Gasteiger charge is -2.33. The van der Waals surface area contributed by atoms with Crippen LogP contribution in [-0.4, -0.2) is 29.6 Å². The number of phenols is 1. The average Bonchev–Trinajstić information content (AvgIpc) is 3.49. The highest BCUT2D eigenvalue weighted by Gasteiger charge is 2.58. The Morgan fingerprint density at radius 1 is 0.956 bits per heavy atom. The summed E-state index contributed by atoms with van der Waals surface area (Å²) in [5, 5.41) is 9.61. The number of rotatable bonds is 8. The van der Waals surface area contributed by atoms with Crippen LogP contribution in [0.1, 0.15) is 69.6 Å². The van der Waals surface area contributed by atoms with Crippen molar-refractivity contribution in [3.63, 3.8) is 0 Å². The second-order valence-electron chi connectivity index (χ2n) is 12.4. The first-order valence-electron chi connectivity index (χ1n) is 15.1. The zero-order chi connectivity index (χ0) is 32.8. The van der Waals surface area contributed by atoms with E-state index in [2.05, 4.69) is 13.0 Å². The van der Waals surface area contributed by atoms with Gasteiger partial charge in [0.15, 0.2) is 0 Å². The molecule has 0 bridgehead atoms. The van der Waals surface area contributed by atoms with Gasteiger partial charge in [0.1, 0.15) is 5.75 Å². The highest BCUT2D eigenvalue weighted by Crippen LogP contribution is 2.52. The van der Waals surface area contributed by atoms with Gasteiger partial charge in [0.05, 0.1) is 41.4 Å². The Labute approximate surface area is 257 Å². The molecule has 0 saturated carbocycles. The maximum atomic E-state index is 13.8. The lowest BCUT2D eigenvalue weighted by molar-refractivity contribution is -0.143. The Bertz CT molecular complexity index is 1490. The molecule has 5 rings (SSSR count).